The smallest absolute Gasteiger partial charge is 0.289 e. The van der Waals surface area contributed by atoms with Crippen molar-refractivity contribution >= 4 is 23.4 Å². The summed E-state index contributed by atoms with van der Waals surface area (Å²) in [7, 11) is 0. The highest BCUT2D eigenvalue weighted by molar-refractivity contribution is 6.38. The Morgan fingerprint density at radius 3 is 2.32 bits per heavy atom. The van der Waals surface area contributed by atoms with Gasteiger partial charge in [-0.15, -0.1) is 0 Å². The van der Waals surface area contributed by atoms with Gasteiger partial charge in [-0.2, -0.15) is 0 Å². The lowest BCUT2D eigenvalue weighted by atomic mass is 10.00. The number of rotatable bonds is 13. The zero-order chi connectivity index (χ0) is 20.9. The minimum absolute atomic E-state index is 0.00973. The van der Waals surface area contributed by atoms with Crippen LogP contribution in [-0.2, 0) is 25.7 Å². The Hall–Kier alpha value is -2.54. The van der Waals surface area contributed by atoms with Gasteiger partial charge in [0.05, 0.1) is 6.04 Å². The van der Waals surface area contributed by atoms with E-state index in [4.69, 9.17) is 5.73 Å². The molecule has 2 atom stereocenters. The summed E-state index contributed by atoms with van der Waals surface area (Å²) in [5, 5.41) is 5.28. The van der Waals surface area contributed by atoms with Crippen LogP contribution in [0.3, 0.4) is 0 Å². The summed E-state index contributed by atoms with van der Waals surface area (Å²) in [5.74, 6) is -2.13. The van der Waals surface area contributed by atoms with E-state index in [1.807, 2.05) is 30.3 Å². The van der Waals surface area contributed by atoms with Crippen molar-refractivity contribution in [3.8, 4) is 0 Å². The molecule has 0 aromatic heterocycles. The summed E-state index contributed by atoms with van der Waals surface area (Å²) in [6, 6.07) is 8.37. The molecule has 0 aliphatic rings. The summed E-state index contributed by atoms with van der Waals surface area (Å²) in [6.07, 6.45) is 2.38. The first-order valence-electron chi connectivity index (χ1n) is 9.71. The molecule has 2 unspecified atom stereocenters. The number of carbonyl (C=O) groups excluding carboxylic acids is 4. The van der Waals surface area contributed by atoms with E-state index in [1.165, 1.54) is 6.92 Å². The molecular weight excluding hydrogens is 358 g/mol. The van der Waals surface area contributed by atoms with Crippen LogP contribution in [0.15, 0.2) is 30.3 Å². The van der Waals surface area contributed by atoms with E-state index in [0.29, 0.717) is 38.6 Å². The number of nitrogens with two attached hydrogens (primary N) is 1. The molecule has 0 saturated heterocycles. The number of ketones is 2. The van der Waals surface area contributed by atoms with Crippen molar-refractivity contribution < 1.29 is 19.2 Å². The minimum Gasteiger partial charge on any atom is -0.345 e. The van der Waals surface area contributed by atoms with Gasteiger partial charge in [-0.05, 0) is 44.7 Å². The van der Waals surface area contributed by atoms with Crippen molar-refractivity contribution in [1.82, 2.24) is 10.6 Å². The first kappa shape index (κ1) is 23.5. The van der Waals surface area contributed by atoms with Crippen molar-refractivity contribution in [1.29, 1.82) is 0 Å². The molecule has 28 heavy (non-hydrogen) atoms. The second kappa shape index (κ2) is 12.8. The van der Waals surface area contributed by atoms with Gasteiger partial charge in [0.25, 0.3) is 5.91 Å². The summed E-state index contributed by atoms with van der Waals surface area (Å²) in [4.78, 5) is 48.3. The third-order valence-electron chi connectivity index (χ3n) is 4.48. The molecule has 1 aromatic carbocycles. The van der Waals surface area contributed by atoms with Crippen molar-refractivity contribution in [2.75, 3.05) is 6.54 Å². The number of carbonyl (C=O) groups is 4. The first-order valence-corrected chi connectivity index (χ1v) is 9.71. The Morgan fingerprint density at radius 1 is 1.04 bits per heavy atom. The van der Waals surface area contributed by atoms with E-state index in [2.05, 4.69) is 10.6 Å². The number of unbranched alkanes of at least 4 members (excludes halogenated alkanes) is 1. The fourth-order valence-corrected chi connectivity index (χ4v) is 2.65. The quantitative estimate of drug-likeness (QED) is 0.349. The molecule has 1 rings (SSSR count). The van der Waals surface area contributed by atoms with E-state index in [9.17, 15) is 19.2 Å². The highest BCUT2D eigenvalue weighted by Crippen LogP contribution is 2.09. The topological polar surface area (TPSA) is 118 Å². The summed E-state index contributed by atoms with van der Waals surface area (Å²) < 4.78 is 0. The second-order valence-electron chi connectivity index (χ2n) is 7.02. The van der Waals surface area contributed by atoms with Crippen LogP contribution in [0.5, 0.6) is 0 Å². The lowest BCUT2D eigenvalue weighted by Crippen LogP contribution is -2.48. The van der Waals surface area contributed by atoms with Crippen molar-refractivity contribution in [2.24, 2.45) is 11.7 Å². The normalized spacial score (nSPS) is 12.7. The number of hydrogen-bond acceptors (Lipinski definition) is 5. The number of Topliss-reactive ketones (excluding diaryl/α,β-unsaturated/α-hetero) is 2. The fraction of sp³-hybridized carbons (Fsp3) is 0.524. The number of benzene rings is 1. The van der Waals surface area contributed by atoms with Crippen molar-refractivity contribution in [3.63, 3.8) is 0 Å². The maximum atomic E-state index is 12.6. The first-order chi connectivity index (χ1) is 13.3. The second-order valence-corrected chi connectivity index (χ2v) is 7.02. The Balaban J connectivity index is 2.66. The molecule has 0 radical (unpaired) electrons. The van der Waals surface area contributed by atoms with Gasteiger partial charge in [0.1, 0.15) is 5.78 Å². The van der Waals surface area contributed by atoms with Crippen LogP contribution in [0.1, 0.15) is 51.5 Å². The molecule has 0 aliphatic heterocycles. The molecule has 0 bridgehead atoms. The molecule has 1 aromatic rings. The van der Waals surface area contributed by atoms with Gasteiger partial charge in [-0.25, -0.2) is 0 Å². The highest BCUT2D eigenvalue weighted by atomic mass is 16.2. The van der Waals surface area contributed by atoms with Gasteiger partial charge in [-0.3, -0.25) is 14.4 Å². The Kier molecular flexibility index (Phi) is 10.7. The lowest BCUT2D eigenvalue weighted by Gasteiger charge is -2.20. The van der Waals surface area contributed by atoms with E-state index in [0.717, 1.165) is 5.56 Å². The average molecular weight is 389 g/mol. The molecular formula is C21H31N3O4. The molecule has 7 heteroatoms. The number of amides is 2. The van der Waals surface area contributed by atoms with Crippen molar-refractivity contribution in [2.45, 2.75) is 58.5 Å². The zero-order valence-electron chi connectivity index (χ0n) is 16.7. The Labute approximate surface area is 166 Å². The predicted molar refractivity (Wildman–Crippen MR) is 107 cm³/mol. The Morgan fingerprint density at radius 2 is 1.71 bits per heavy atom. The maximum absolute atomic E-state index is 12.6. The molecule has 0 fully saturated rings. The molecule has 4 N–H and O–H groups in total. The van der Waals surface area contributed by atoms with E-state index >= 15 is 0 Å². The molecule has 0 spiro atoms. The van der Waals surface area contributed by atoms with Crippen LogP contribution in [0.25, 0.3) is 0 Å². The fourth-order valence-electron chi connectivity index (χ4n) is 2.65. The molecule has 0 saturated carbocycles. The summed E-state index contributed by atoms with van der Waals surface area (Å²) >= 11 is 0. The molecule has 0 aliphatic carbocycles. The monoisotopic (exact) mass is 389 g/mol. The summed E-state index contributed by atoms with van der Waals surface area (Å²) in [6.45, 7) is 3.89. The van der Waals surface area contributed by atoms with Crippen molar-refractivity contribution in [3.05, 3.63) is 35.9 Å². The Bertz CT molecular complexity index is 661. The van der Waals surface area contributed by atoms with Crippen LogP contribution < -0.4 is 16.4 Å². The van der Waals surface area contributed by atoms with Crippen LogP contribution in [0, 0.1) is 5.92 Å². The standard InChI is InChI=1S/C21H31N3O4/c1-15(11-12-16(2)25)20(27)24-18(10-6-7-13-22)19(26)21(28)23-14-17-8-4-3-5-9-17/h3-5,8-9,15,18H,6-7,10-14,22H2,1-2H3,(H,23,28)(H,24,27). The van der Waals surface area contributed by atoms with Gasteiger partial charge >= 0.3 is 0 Å². The highest BCUT2D eigenvalue weighted by Gasteiger charge is 2.27. The van der Waals surface area contributed by atoms with E-state index in [-0.39, 0.29) is 18.2 Å². The van der Waals surface area contributed by atoms with Crippen LogP contribution in [-0.4, -0.2) is 36.0 Å². The minimum atomic E-state index is -0.894. The third kappa shape index (κ3) is 8.90. The maximum Gasteiger partial charge on any atom is 0.289 e. The van der Waals surface area contributed by atoms with Crippen LogP contribution in [0.2, 0.25) is 0 Å². The number of hydrogen-bond donors (Lipinski definition) is 3. The van der Waals surface area contributed by atoms with E-state index in [1.54, 1.807) is 6.92 Å². The largest absolute Gasteiger partial charge is 0.345 e. The van der Waals surface area contributed by atoms with Gasteiger partial charge in [0.2, 0.25) is 11.7 Å². The summed E-state index contributed by atoms with van der Waals surface area (Å²) in [5.41, 5.74) is 6.38. The zero-order valence-corrected chi connectivity index (χ0v) is 16.7. The van der Waals surface area contributed by atoms with Gasteiger partial charge in [0, 0.05) is 18.9 Å². The number of nitrogens with one attached hydrogen (secondary N) is 2. The SMILES string of the molecule is CC(=O)CCC(C)C(=O)NC(CCCCN)C(=O)C(=O)NCc1ccccc1. The third-order valence-corrected chi connectivity index (χ3v) is 4.48. The lowest BCUT2D eigenvalue weighted by molar-refractivity contribution is -0.140. The predicted octanol–water partition coefficient (Wildman–Crippen LogP) is 1.49. The average Bonchev–Trinajstić information content (AvgIpc) is 2.69. The molecule has 7 nitrogen and oxygen atoms in total. The molecule has 0 heterocycles. The van der Waals surface area contributed by atoms with E-state index < -0.39 is 23.7 Å². The van der Waals surface area contributed by atoms with Crippen LogP contribution >= 0.6 is 0 Å². The molecule has 154 valence electrons. The van der Waals surface area contributed by atoms with Crippen LogP contribution in [0.4, 0.5) is 0 Å². The van der Waals surface area contributed by atoms with Gasteiger partial charge in [-0.1, -0.05) is 37.3 Å². The van der Waals surface area contributed by atoms with Gasteiger partial charge in [0.15, 0.2) is 0 Å². The van der Waals surface area contributed by atoms with Gasteiger partial charge < -0.3 is 21.2 Å². The molecule has 2 amide bonds.